The van der Waals surface area contributed by atoms with Gasteiger partial charge in [-0.2, -0.15) is 0 Å². The van der Waals surface area contributed by atoms with Crippen LogP contribution in [-0.4, -0.2) is 43.1 Å². The first-order chi connectivity index (χ1) is 18.0. The lowest BCUT2D eigenvalue weighted by atomic mass is 9.76. The van der Waals surface area contributed by atoms with Gasteiger partial charge in [-0.1, -0.05) is 19.8 Å². The third kappa shape index (κ3) is 3.43. The van der Waals surface area contributed by atoms with Crippen molar-refractivity contribution in [3.8, 4) is 0 Å². The van der Waals surface area contributed by atoms with Crippen molar-refractivity contribution >= 4 is 44.5 Å². The molecule has 2 fully saturated rings. The van der Waals surface area contributed by atoms with Gasteiger partial charge in [-0.05, 0) is 62.3 Å². The second kappa shape index (κ2) is 8.59. The maximum Gasteiger partial charge on any atom is 0.203 e. The zero-order chi connectivity index (χ0) is 27.1. The standard InChI is InChI=1S/C29H26O8S/c1-13-10-18-20(29(35)23(27(18)33)25(31)15-6-3-7-15)12-21(13)38(36,37)16-8-9-17-19(11-16)28(34)22(26(17)32)24(30)14-4-2-5-14/h8-9,11-15,22-23H,2-7,10H2,1H3. The third-order valence-corrected chi connectivity index (χ3v) is 11.0. The van der Waals surface area contributed by atoms with Gasteiger partial charge in [-0.15, -0.1) is 0 Å². The summed E-state index contributed by atoms with van der Waals surface area (Å²) in [6, 6.07) is 3.64. The Kier molecular flexibility index (Phi) is 5.65. The van der Waals surface area contributed by atoms with Crippen molar-refractivity contribution in [2.75, 3.05) is 0 Å². The van der Waals surface area contributed by atoms with Gasteiger partial charge in [0.2, 0.25) is 9.84 Å². The molecule has 3 atom stereocenters. The second-order valence-corrected chi connectivity index (χ2v) is 13.1. The zero-order valence-electron chi connectivity index (χ0n) is 20.8. The van der Waals surface area contributed by atoms with E-state index in [-0.39, 0.29) is 56.1 Å². The third-order valence-electron chi connectivity index (χ3n) is 8.95. The number of Topliss-reactive ketones (excluding diaryl/α,β-unsaturated/α-hetero) is 6. The molecule has 0 aliphatic heterocycles. The number of fused-ring (bicyclic) bond motifs is 1. The van der Waals surface area contributed by atoms with Gasteiger partial charge >= 0.3 is 0 Å². The molecule has 0 bridgehead atoms. The van der Waals surface area contributed by atoms with Crippen LogP contribution in [0.25, 0.3) is 0 Å². The number of carbonyl (C=O) groups excluding carboxylic acids is 6. The molecule has 5 aliphatic rings. The molecule has 2 saturated carbocycles. The van der Waals surface area contributed by atoms with Crippen LogP contribution >= 0.6 is 0 Å². The summed E-state index contributed by atoms with van der Waals surface area (Å²) in [5.41, 5.74) is 0.126. The molecule has 0 spiro atoms. The van der Waals surface area contributed by atoms with Gasteiger partial charge in [0.15, 0.2) is 34.7 Å². The fraction of sp³-hybridized carbons (Fsp3) is 0.448. The van der Waals surface area contributed by atoms with Crippen molar-refractivity contribution in [2.45, 2.75) is 56.8 Å². The lowest BCUT2D eigenvalue weighted by Crippen LogP contribution is -2.35. The molecule has 8 nitrogen and oxygen atoms in total. The molecule has 0 saturated heterocycles. The smallest absolute Gasteiger partial charge is 0.203 e. The fourth-order valence-electron chi connectivity index (χ4n) is 6.18. The number of sulfone groups is 1. The van der Waals surface area contributed by atoms with Crippen molar-refractivity contribution in [3.63, 3.8) is 0 Å². The monoisotopic (exact) mass is 534 g/mol. The van der Waals surface area contributed by atoms with Gasteiger partial charge in [-0.25, -0.2) is 8.42 Å². The Bertz CT molecular complexity index is 1550. The van der Waals surface area contributed by atoms with E-state index in [0.717, 1.165) is 18.9 Å². The number of hydrogen-bond acceptors (Lipinski definition) is 8. The predicted molar refractivity (Wildman–Crippen MR) is 133 cm³/mol. The minimum Gasteiger partial charge on any atom is -0.298 e. The Hall–Kier alpha value is -3.33. The van der Waals surface area contributed by atoms with E-state index in [2.05, 4.69) is 0 Å². The number of allylic oxidation sites excluding steroid dienone is 4. The van der Waals surface area contributed by atoms with Crippen LogP contribution in [0.4, 0.5) is 0 Å². The Labute approximate surface area is 219 Å². The van der Waals surface area contributed by atoms with Crippen LogP contribution in [0.15, 0.2) is 45.2 Å². The average Bonchev–Trinajstić information content (AvgIpc) is 3.19. The molecule has 6 rings (SSSR count). The van der Waals surface area contributed by atoms with Gasteiger partial charge in [-0.3, -0.25) is 28.8 Å². The summed E-state index contributed by atoms with van der Waals surface area (Å²) < 4.78 is 27.4. The zero-order valence-corrected chi connectivity index (χ0v) is 21.6. The molecule has 5 aliphatic carbocycles. The number of carbonyl (C=O) groups is 6. The molecule has 1 aromatic rings. The van der Waals surface area contributed by atoms with Crippen LogP contribution in [-0.2, 0) is 29.0 Å². The molecular formula is C29H26O8S. The van der Waals surface area contributed by atoms with E-state index >= 15 is 0 Å². The van der Waals surface area contributed by atoms with Crippen LogP contribution in [0.2, 0.25) is 0 Å². The molecule has 9 heteroatoms. The first-order valence-corrected chi connectivity index (χ1v) is 14.6. The number of rotatable bonds is 6. The average molecular weight is 535 g/mol. The summed E-state index contributed by atoms with van der Waals surface area (Å²) in [5, 5.41) is 0. The molecular weight excluding hydrogens is 508 g/mol. The highest BCUT2D eigenvalue weighted by molar-refractivity contribution is 7.95. The van der Waals surface area contributed by atoms with E-state index in [1.54, 1.807) is 6.92 Å². The second-order valence-electron chi connectivity index (χ2n) is 11.1. The summed E-state index contributed by atoms with van der Waals surface area (Å²) in [4.78, 5) is 77.2. The lowest BCUT2D eigenvalue weighted by molar-refractivity contribution is -0.139. The molecule has 0 heterocycles. The van der Waals surface area contributed by atoms with Gasteiger partial charge in [0, 0.05) is 34.1 Å². The number of ketones is 6. The molecule has 38 heavy (non-hydrogen) atoms. The minimum atomic E-state index is -4.22. The van der Waals surface area contributed by atoms with E-state index in [1.807, 2.05) is 0 Å². The fourth-order valence-corrected chi connectivity index (χ4v) is 7.86. The summed E-state index contributed by atoms with van der Waals surface area (Å²) >= 11 is 0. The molecule has 0 N–H and O–H groups in total. The van der Waals surface area contributed by atoms with Gasteiger partial charge in [0.25, 0.3) is 0 Å². The van der Waals surface area contributed by atoms with Gasteiger partial charge in [0.1, 0.15) is 11.8 Å². The lowest BCUT2D eigenvalue weighted by Gasteiger charge is -2.25. The Morgan fingerprint density at radius 3 is 1.87 bits per heavy atom. The summed E-state index contributed by atoms with van der Waals surface area (Å²) in [6.07, 6.45) is 5.56. The Morgan fingerprint density at radius 2 is 1.32 bits per heavy atom. The summed E-state index contributed by atoms with van der Waals surface area (Å²) in [5.74, 6) is -7.27. The van der Waals surface area contributed by atoms with Crippen LogP contribution in [0.1, 0.15) is 72.6 Å². The van der Waals surface area contributed by atoms with Gasteiger partial charge < -0.3 is 0 Å². The van der Waals surface area contributed by atoms with Crippen molar-refractivity contribution in [1.29, 1.82) is 0 Å². The minimum absolute atomic E-state index is 0.0136. The highest BCUT2D eigenvalue weighted by atomic mass is 32.2. The Balaban J connectivity index is 1.33. The molecule has 1 aromatic carbocycles. The highest BCUT2D eigenvalue weighted by Gasteiger charge is 2.50. The maximum atomic E-state index is 13.7. The van der Waals surface area contributed by atoms with E-state index in [4.69, 9.17) is 0 Å². The van der Waals surface area contributed by atoms with Crippen molar-refractivity contribution in [2.24, 2.45) is 29.6 Å². The first kappa shape index (κ1) is 25.0. The molecule has 196 valence electrons. The SMILES string of the molecule is CC1CC2=C(C=C1S(=O)(=O)c1ccc3c(c1)C(=O)C(C(=O)C1CCC1)C3=O)C(=O)C(C(=O)C1CCC1)C2=O. The van der Waals surface area contributed by atoms with Crippen molar-refractivity contribution in [1.82, 2.24) is 0 Å². The summed E-state index contributed by atoms with van der Waals surface area (Å²) in [7, 11) is -4.22. The van der Waals surface area contributed by atoms with E-state index in [9.17, 15) is 37.2 Å². The van der Waals surface area contributed by atoms with E-state index in [0.29, 0.717) is 25.7 Å². The van der Waals surface area contributed by atoms with E-state index in [1.165, 1.54) is 18.2 Å². The maximum absolute atomic E-state index is 13.7. The van der Waals surface area contributed by atoms with Crippen molar-refractivity contribution < 1.29 is 37.2 Å². The highest BCUT2D eigenvalue weighted by Crippen LogP contribution is 2.44. The topological polar surface area (TPSA) is 137 Å². The van der Waals surface area contributed by atoms with Crippen LogP contribution in [0.5, 0.6) is 0 Å². The normalized spacial score (nSPS) is 27.6. The predicted octanol–water partition coefficient (Wildman–Crippen LogP) is 3.18. The van der Waals surface area contributed by atoms with Crippen molar-refractivity contribution in [3.05, 3.63) is 51.5 Å². The summed E-state index contributed by atoms with van der Waals surface area (Å²) in [6.45, 7) is 1.63. The largest absolute Gasteiger partial charge is 0.298 e. The Morgan fingerprint density at radius 1 is 0.763 bits per heavy atom. The molecule has 3 unspecified atom stereocenters. The molecule has 0 aromatic heterocycles. The quantitative estimate of drug-likeness (QED) is 0.508. The van der Waals surface area contributed by atoms with Crippen LogP contribution < -0.4 is 0 Å². The molecule has 0 amide bonds. The van der Waals surface area contributed by atoms with Crippen LogP contribution in [0.3, 0.4) is 0 Å². The van der Waals surface area contributed by atoms with Gasteiger partial charge in [0.05, 0.1) is 9.80 Å². The van der Waals surface area contributed by atoms with Crippen LogP contribution in [0, 0.1) is 29.6 Å². The number of benzene rings is 1. The first-order valence-electron chi connectivity index (χ1n) is 13.1. The van der Waals surface area contributed by atoms with E-state index < -0.39 is 56.5 Å². The molecule has 0 radical (unpaired) electrons. The number of hydrogen-bond donors (Lipinski definition) is 0.